The van der Waals surface area contributed by atoms with Gasteiger partial charge in [0.1, 0.15) is 0 Å². The minimum absolute atomic E-state index is 0.142. The van der Waals surface area contributed by atoms with Crippen LogP contribution in [0.5, 0.6) is 0 Å². The smallest absolute Gasteiger partial charge is 0.151 e. The fraction of sp³-hybridized carbons (Fsp3) is 0.667. The standard InChI is InChI=1S/C6H11BrN4/c1-4(8)3-5-6(7)9-10-11(5)2/h4H,3,8H2,1-2H3. The van der Waals surface area contributed by atoms with Gasteiger partial charge in [0, 0.05) is 19.5 Å². The van der Waals surface area contributed by atoms with Crippen molar-refractivity contribution in [2.45, 2.75) is 19.4 Å². The zero-order chi connectivity index (χ0) is 8.43. The molecule has 0 radical (unpaired) electrons. The highest BCUT2D eigenvalue weighted by molar-refractivity contribution is 9.10. The van der Waals surface area contributed by atoms with Crippen molar-refractivity contribution in [2.24, 2.45) is 12.8 Å². The number of aryl methyl sites for hydroxylation is 1. The van der Waals surface area contributed by atoms with Crippen LogP contribution in [0.25, 0.3) is 0 Å². The summed E-state index contributed by atoms with van der Waals surface area (Å²) in [5.74, 6) is 0. The first-order chi connectivity index (χ1) is 5.11. The highest BCUT2D eigenvalue weighted by Crippen LogP contribution is 2.12. The molecule has 0 aliphatic rings. The number of hydrogen-bond donors (Lipinski definition) is 1. The molecule has 0 amide bonds. The van der Waals surface area contributed by atoms with Gasteiger partial charge < -0.3 is 5.73 Å². The minimum Gasteiger partial charge on any atom is -0.328 e. The fourth-order valence-electron chi connectivity index (χ4n) is 0.873. The molecule has 11 heavy (non-hydrogen) atoms. The fourth-order valence-corrected chi connectivity index (χ4v) is 1.36. The van der Waals surface area contributed by atoms with Crippen LogP contribution in [-0.4, -0.2) is 21.0 Å². The number of rotatable bonds is 2. The monoisotopic (exact) mass is 218 g/mol. The molecule has 0 saturated heterocycles. The molecule has 1 heterocycles. The summed E-state index contributed by atoms with van der Waals surface area (Å²) in [6.07, 6.45) is 0.796. The third kappa shape index (κ3) is 2.00. The van der Waals surface area contributed by atoms with Gasteiger partial charge in [-0.2, -0.15) is 0 Å². The molecule has 1 atom stereocenters. The lowest BCUT2D eigenvalue weighted by molar-refractivity contribution is 0.636. The van der Waals surface area contributed by atoms with E-state index < -0.39 is 0 Å². The van der Waals surface area contributed by atoms with Gasteiger partial charge in [0.25, 0.3) is 0 Å². The van der Waals surface area contributed by atoms with Gasteiger partial charge >= 0.3 is 0 Å². The van der Waals surface area contributed by atoms with Gasteiger partial charge in [-0.05, 0) is 22.9 Å². The normalized spacial score (nSPS) is 13.5. The quantitative estimate of drug-likeness (QED) is 0.786. The van der Waals surface area contributed by atoms with Crippen molar-refractivity contribution < 1.29 is 0 Å². The third-order valence-corrected chi connectivity index (χ3v) is 2.03. The van der Waals surface area contributed by atoms with E-state index in [1.165, 1.54) is 0 Å². The van der Waals surface area contributed by atoms with Gasteiger partial charge in [-0.3, -0.25) is 4.68 Å². The summed E-state index contributed by atoms with van der Waals surface area (Å²) in [5, 5.41) is 7.68. The molecule has 0 spiro atoms. The van der Waals surface area contributed by atoms with E-state index in [-0.39, 0.29) is 6.04 Å². The predicted molar refractivity (Wildman–Crippen MR) is 46.1 cm³/mol. The summed E-state index contributed by atoms with van der Waals surface area (Å²) in [6, 6.07) is 0.142. The van der Waals surface area contributed by atoms with Crippen molar-refractivity contribution in [3.8, 4) is 0 Å². The van der Waals surface area contributed by atoms with Gasteiger partial charge in [0.2, 0.25) is 0 Å². The highest BCUT2D eigenvalue weighted by atomic mass is 79.9. The van der Waals surface area contributed by atoms with Crippen LogP contribution in [0.4, 0.5) is 0 Å². The summed E-state index contributed by atoms with van der Waals surface area (Å²) >= 11 is 3.30. The lowest BCUT2D eigenvalue weighted by atomic mass is 10.2. The van der Waals surface area contributed by atoms with Crippen LogP contribution in [0.3, 0.4) is 0 Å². The summed E-state index contributed by atoms with van der Waals surface area (Å²) in [7, 11) is 1.86. The average molecular weight is 219 g/mol. The molecule has 1 rings (SSSR count). The Kier molecular flexibility index (Phi) is 2.62. The zero-order valence-electron chi connectivity index (χ0n) is 6.58. The Morgan fingerprint density at radius 3 is 2.73 bits per heavy atom. The first kappa shape index (κ1) is 8.67. The van der Waals surface area contributed by atoms with Gasteiger partial charge in [-0.1, -0.05) is 5.21 Å². The molecule has 62 valence electrons. The number of aromatic nitrogens is 3. The van der Waals surface area contributed by atoms with Crippen LogP contribution >= 0.6 is 15.9 Å². The van der Waals surface area contributed by atoms with Crippen molar-refractivity contribution in [1.82, 2.24) is 15.0 Å². The topological polar surface area (TPSA) is 56.7 Å². The summed E-state index contributed by atoms with van der Waals surface area (Å²) in [4.78, 5) is 0. The Hall–Kier alpha value is -0.420. The molecular formula is C6H11BrN4. The van der Waals surface area contributed by atoms with E-state index in [0.29, 0.717) is 0 Å². The molecule has 2 N–H and O–H groups in total. The number of nitrogens with two attached hydrogens (primary N) is 1. The Labute approximate surface area is 73.9 Å². The summed E-state index contributed by atoms with van der Waals surface area (Å²) < 4.78 is 2.52. The van der Waals surface area contributed by atoms with E-state index in [9.17, 15) is 0 Å². The average Bonchev–Trinajstić information content (AvgIpc) is 2.18. The van der Waals surface area contributed by atoms with E-state index in [1.807, 2.05) is 14.0 Å². The van der Waals surface area contributed by atoms with E-state index >= 15 is 0 Å². The lowest BCUT2D eigenvalue weighted by Gasteiger charge is -2.03. The number of halogens is 1. The minimum atomic E-state index is 0.142. The SMILES string of the molecule is CC(N)Cc1c(Br)nnn1C. The van der Waals surface area contributed by atoms with E-state index in [1.54, 1.807) is 4.68 Å². The van der Waals surface area contributed by atoms with E-state index in [0.717, 1.165) is 16.7 Å². The predicted octanol–water partition coefficient (Wildman–Crippen LogP) is 0.467. The van der Waals surface area contributed by atoms with Crippen molar-refractivity contribution in [3.63, 3.8) is 0 Å². The lowest BCUT2D eigenvalue weighted by Crippen LogP contribution is -2.19. The molecule has 0 aliphatic carbocycles. The maximum Gasteiger partial charge on any atom is 0.151 e. The number of hydrogen-bond acceptors (Lipinski definition) is 3. The molecule has 1 unspecified atom stereocenters. The zero-order valence-corrected chi connectivity index (χ0v) is 8.17. The van der Waals surface area contributed by atoms with Crippen LogP contribution < -0.4 is 5.73 Å². The van der Waals surface area contributed by atoms with E-state index in [2.05, 4.69) is 26.2 Å². The molecule has 4 nitrogen and oxygen atoms in total. The Bertz CT molecular complexity index is 223. The van der Waals surface area contributed by atoms with Gasteiger partial charge in [0.05, 0.1) is 5.69 Å². The Morgan fingerprint density at radius 2 is 2.36 bits per heavy atom. The molecule has 0 bridgehead atoms. The third-order valence-electron chi connectivity index (χ3n) is 1.41. The summed E-state index contributed by atoms with van der Waals surface area (Å²) in [5.41, 5.74) is 6.67. The van der Waals surface area contributed by atoms with Gasteiger partial charge in [-0.25, -0.2) is 0 Å². The van der Waals surface area contributed by atoms with Gasteiger partial charge in [-0.15, -0.1) is 5.10 Å². The van der Waals surface area contributed by atoms with Crippen LogP contribution in [0.1, 0.15) is 12.6 Å². The van der Waals surface area contributed by atoms with Crippen LogP contribution in [0.2, 0.25) is 0 Å². The first-order valence-corrected chi connectivity index (χ1v) is 4.20. The molecule has 1 aromatic heterocycles. The molecule has 0 saturated carbocycles. The second-order valence-electron chi connectivity index (χ2n) is 2.63. The van der Waals surface area contributed by atoms with Crippen molar-refractivity contribution in [1.29, 1.82) is 0 Å². The Morgan fingerprint density at radius 1 is 1.73 bits per heavy atom. The van der Waals surface area contributed by atoms with Crippen LogP contribution in [-0.2, 0) is 13.5 Å². The van der Waals surface area contributed by atoms with Crippen LogP contribution in [0.15, 0.2) is 4.60 Å². The second-order valence-corrected chi connectivity index (χ2v) is 3.38. The van der Waals surface area contributed by atoms with Crippen LogP contribution in [0, 0.1) is 0 Å². The van der Waals surface area contributed by atoms with Gasteiger partial charge in [0.15, 0.2) is 4.60 Å². The number of nitrogens with zero attached hydrogens (tertiary/aromatic N) is 3. The van der Waals surface area contributed by atoms with Crippen molar-refractivity contribution in [3.05, 3.63) is 10.3 Å². The van der Waals surface area contributed by atoms with E-state index in [4.69, 9.17) is 5.73 Å². The van der Waals surface area contributed by atoms with Crippen molar-refractivity contribution >= 4 is 15.9 Å². The first-order valence-electron chi connectivity index (χ1n) is 3.41. The second kappa shape index (κ2) is 3.32. The maximum atomic E-state index is 5.63. The highest BCUT2D eigenvalue weighted by Gasteiger charge is 2.08. The molecule has 0 fully saturated rings. The molecule has 0 aromatic carbocycles. The maximum absolute atomic E-state index is 5.63. The van der Waals surface area contributed by atoms with Crippen molar-refractivity contribution in [2.75, 3.05) is 0 Å². The molecule has 5 heteroatoms. The largest absolute Gasteiger partial charge is 0.328 e. The molecule has 1 aromatic rings. The molecule has 0 aliphatic heterocycles. The summed E-state index contributed by atoms with van der Waals surface area (Å²) in [6.45, 7) is 1.96. The molecular weight excluding hydrogens is 208 g/mol. The Balaban J connectivity index is 2.83.